The van der Waals surface area contributed by atoms with Gasteiger partial charge >= 0.3 is 12.1 Å². The maximum Gasteiger partial charge on any atom is 0.471 e. The molecule has 0 aromatic heterocycles. The van der Waals surface area contributed by atoms with E-state index in [1.165, 1.54) is 19.2 Å². The van der Waals surface area contributed by atoms with Gasteiger partial charge in [0, 0.05) is 19.1 Å². The molecule has 2 aromatic rings. The van der Waals surface area contributed by atoms with Crippen molar-refractivity contribution in [3.63, 3.8) is 0 Å². The van der Waals surface area contributed by atoms with Crippen LogP contribution >= 0.6 is 0 Å². The maximum absolute atomic E-state index is 12.8. The molecule has 0 fully saturated rings. The lowest BCUT2D eigenvalue weighted by molar-refractivity contribution is -0.186. The third-order valence-corrected chi connectivity index (χ3v) is 6.49. The Morgan fingerprint density at radius 1 is 1.17 bits per heavy atom. The second kappa shape index (κ2) is 8.27. The van der Waals surface area contributed by atoms with Crippen LogP contribution in [0.4, 0.5) is 13.2 Å². The average molecular weight is 442 g/mol. The van der Waals surface area contributed by atoms with Crippen molar-refractivity contribution in [3.8, 4) is 5.75 Å². The molecule has 0 saturated heterocycles. The predicted octanol–water partition coefficient (Wildman–Crippen LogP) is 3.18. The van der Waals surface area contributed by atoms with Crippen LogP contribution in [0.1, 0.15) is 29.7 Å². The lowest BCUT2D eigenvalue weighted by atomic mass is 10.00. The van der Waals surface area contributed by atoms with Crippen molar-refractivity contribution in [2.45, 2.75) is 37.0 Å². The zero-order valence-electron chi connectivity index (χ0n) is 16.4. The third-order valence-electron chi connectivity index (χ3n) is 4.96. The van der Waals surface area contributed by atoms with E-state index >= 15 is 0 Å². The molecule has 6 nitrogen and oxygen atoms in total. The minimum atomic E-state index is -4.96. The predicted molar refractivity (Wildman–Crippen MR) is 103 cm³/mol. The molecule has 2 aromatic carbocycles. The number of hydrogen-bond acceptors (Lipinski definition) is 4. The topological polar surface area (TPSA) is 75.7 Å². The number of ether oxygens (including phenoxy) is 1. The van der Waals surface area contributed by atoms with Gasteiger partial charge in [0.05, 0.1) is 12.0 Å². The van der Waals surface area contributed by atoms with Crippen molar-refractivity contribution in [2.75, 3.05) is 13.7 Å². The molecule has 0 bridgehead atoms. The first-order valence-corrected chi connectivity index (χ1v) is 10.6. The summed E-state index contributed by atoms with van der Waals surface area (Å²) in [6.07, 6.45) is -4.74. The van der Waals surface area contributed by atoms with E-state index in [9.17, 15) is 26.4 Å². The number of methoxy groups -OCH3 is 1. The molecule has 0 aliphatic carbocycles. The normalized spacial score (nSPS) is 15.4. The summed E-state index contributed by atoms with van der Waals surface area (Å²) in [6, 6.07) is 10.7. The van der Waals surface area contributed by atoms with E-state index in [0.29, 0.717) is 21.8 Å². The summed E-state index contributed by atoms with van der Waals surface area (Å²) in [5, 5.41) is 0. The number of sulfonamides is 1. The van der Waals surface area contributed by atoms with E-state index in [1.807, 2.05) is 0 Å². The van der Waals surface area contributed by atoms with Gasteiger partial charge in [0.15, 0.2) is 0 Å². The van der Waals surface area contributed by atoms with Gasteiger partial charge < -0.3 is 9.64 Å². The molecule has 1 aliphatic heterocycles. The smallest absolute Gasteiger partial charge is 0.471 e. The van der Waals surface area contributed by atoms with Crippen LogP contribution in [0, 0.1) is 0 Å². The number of hydrogen-bond donors (Lipinski definition) is 1. The van der Waals surface area contributed by atoms with Crippen LogP contribution in [0.5, 0.6) is 5.75 Å². The van der Waals surface area contributed by atoms with E-state index in [-0.39, 0.29) is 24.4 Å². The highest BCUT2D eigenvalue weighted by atomic mass is 32.2. The Bertz CT molecular complexity index is 1050. The molecule has 1 heterocycles. The van der Waals surface area contributed by atoms with E-state index in [1.54, 1.807) is 37.3 Å². The quantitative estimate of drug-likeness (QED) is 0.772. The van der Waals surface area contributed by atoms with E-state index in [2.05, 4.69) is 4.72 Å². The standard InChI is InChI=1S/C20H21F3N2O4S/c1-13(15-4-3-5-17(10-15)29-2)24-30(27,28)18-7-6-14-8-9-25(12-16(14)11-18)19(26)20(21,22)23/h3-7,10-11,13,24H,8-9,12H2,1-2H3/t13-/m1/s1. The summed E-state index contributed by atoms with van der Waals surface area (Å²) in [4.78, 5) is 12.1. The summed E-state index contributed by atoms with van der Waals surface area (Å²) in [5.41, 5.74) is 1.80. The van der Waals surface area contributed by atoms with Crippen LogP contribution in [-0.4, -0.2) is 39.1 Å². The number of alkyl halides is 3. The number of fused-ring (bicyclic) bond motifs is 1. The number of carbonyl (C=O) groups is 1. The molecular weight excluding hydrogens is 421 g/mol. The fourth-order valence-corrected chi connectivity index (χ4v) is 4.62. The highest BCUT2D eigenvalue weighted by molar-refractivity contribution is 7.89. The van der Waals surface area contributed by atoms with Crippen LogP contribution < -0.4 is 9.46 Å². The van der Waals surface area contributed by atoms with Crippen LogP contribution in [0.25, 0.3) is 0 Å². The molecule has 0 radical (unpaired) electrons. The molecule has 0 spiro atoms. The maximum atomic E-state index is 12.8. The van der Waals surface area contributed by atoms with Gasteiger partial charge in [-0.2, -0.15) is 13.2 Å². The minimum Gasteiger partial charge on any atom is -0.497 e. The van der Waals surface area contributed by atoms with E-state index < -0.39 is 28.1 Å². The first-order valence-electron chi connectivity index (χ1n) is 9.15. The first kappa shape index (κ1) is 22.1. The lowest BCUT2D eigenvalue weighted by Crippen LogP contribution is -2.43. The van der Waals surface area contributed by atoms with Crippen molar-refractivity contribution < 1.29 is 31.1 Å². The molecule has 0 unspecified atom stereocenters. The van der Waals surface area contributed by atoms with Gasteiger partial charge in [-0.25, -0.2) is 13.1 Å². The molecule has 1 aliphatic rings. The summed E-state index contributed by atoms with van der Waals surface area (Å²) in [7, 11) is -2.44. The van der Waals surface area contributed by atoms with E-state index in [0.717, 1.165) is 5.56 Å². The van der Waals surface area contributed by atoms with E-state index in [4.69, 9.17) is 4.74 Å². The number of rotatable bonds is 5. The summed E-state index contributed by atoms with van der Waals surface area (Å²) >= 11 is 0. The Morgan fingerprint density at radius 3 is 2.57 bits per heavy atom. The zero-order chi connectivity index (χ0) is 22.1. The van der Waals surface area contributed by atoms with Crippen LogP contribution in [0.2, 0.25) is 0 Å². The first-order chi connectivity index (χ1) is 14.0. The Hall–Kier alpha value is -2.59. The molecule has 162 valence electrons. The Kier molecular flexibility index (Phi) is 6.09. The van der Waals surface area contributed by atoms with Crippen molar-refractivity contribution in [1.29, 1.82) is 0 Å². The Balaban J connectivity index is 1.81. The van der Waals surface area contributed by atoms with Crippen molar-refractivity contribution >= 4 is 15.9 Å². The van der Waals surface area contributed by atoms with Crippen molar-refractivity contribution in [2.24, 2.45) is 0 Å². The average Bonchev–Trinajstić information content (AvgIpc) is 2.71. The fourth-order valence-electron chi connectivity index (χ4n) is 3.33. The highest BCUT2D eigenvalue weighted by Gasteiger charge is 2.43. The SMILES string of the molecule is COc1cccc([C@@H](C)NS(=O)(=O)c2ccc3c(c2)CN(C(=O)C(F)(F)F)CC3)c1. The molecule has 1 atom stereocenters. The monoisotopic (exact) mass is 442 g/mol. The van der Waals surface area contributed by atoms with Gasteiger partial charge in [-0.1, -0.05) is 18.2 Å². The van der Waals surface area contributed by atoms with Gasteiger partial charge in [-0.05, 0) is 54.3 Å². The number of benzene rings is 2. The van der Waals surface area contributed by atoms with Crippen LogP contribution in [-0.2, 0) is 27.8 Å². The second-order valence-electron chi connectivity index (χ2n) is 7.02. The molecule has 30 heavy (non-hydrogen) atoms. The molecule has 1 amide bonds. The van der Waals surface area contributed by atoms with Gasteiger partial charge in [-0.3, -0.25) is 4.79 Å². The van der Waals surface area contributed by atoms with Crippen LogP contribution in [0.3, 0.4) is 0 Å². The molecular formula is C20H21F3N2O4S. The summed E-state index contributed by atoms with van der Waals surface area (Å²) in [6.45, 7) is 1.32. The largest absolute Gasteiger partial charge is 0.497 e. The summed E-state index contributed by atoms with van der Waals surface area (Å²) < 4.78 is 71.6. The number of nitrogens with zero attached hydrogens (tertiary/aromatic N) is 1. The van der Waals surface area contributed by atoms with Gasteiger partial charge in [0.2, 0.25) is 10.0 Å². The van der Waals surface area contributed by atoms with Crippen molar-refractivity contribution in [3.05, 3.63) is 59.2 Å². The third kappa shape index (κ3) is 4.76. The fraction of sp³-hybridized carbons (Fsp3) is 0.350. The van der Waals surface area contributed by atoms with Crippen molar-refractivity contribution in [1.82, 2.24) is 9.62 Å². The molecule has 3 rings (SSSR count). The van der Waals surface area contributed by atoms with Gasteiger partial charge in [0.25, 0.3) is 0 Å². The zero-order valence-corrected chi connectivity index (χ0v) is 17.2. The number of nitrogens with one attached hydrogen (secondary N) is 1. The highest BCUT2D eigenvalue weighted by Crippen LogP contribution is 2.27. The number of carbonyl (C=O) groups excluding carboxylic acids is 1. The molecule has 0 saturated carbocycles. The minimum absolute atomic E-state index is 0.0669. The number of halogens is 3. The van der Waals surface area contributed by atoms with Crippen LogP contribution in [0.15, 0.2) is 47.4 Å². The molecule has 1 N–H and O–H groups in total. The Labute approximate surface area is 172 Å². The second-order valence-corrected chi connectivity index (χ2v) is 8.74. The lowest BCUT2D eigenvalue weighted by Gasteiger charge is -2.29. The number of amides is 1. The van der Waals surface area contributed by atoms with Gasteiger partial charge in [0.1, 0.15) is 5.75 Å². The van der Waals surface area contributed by atoms with Gasteiger partial charge in [-0.15, -0.1) is 0 Å². The molecule has 10 heteroatoms. The summed E-state index contributed by atoms with van der Waals surface area (Å²) in [5.74, 6) is -1.34. The Morgan fingerprint density at radius 2 is 1.90 bits per heavy atom.